The number of carbonyl (C=O) groups is 2. The first-order valence-corrected chi connectivity index (χ1v) is 15.8. The van der Waals surface area contributed by atoms with Crippen molar-refractivity contribution >= 4 is 21.9 Å². The minimum atomic E-state index is -4.02. The first kappa shape index (κ1) is 29.0. The van der Waals surface area contributed by atoms with Crippen molar-refractivity contribution in [2.45, 2.75) is 99.3 Å². The number of amides is 2. The molecule has 2 aliphatic heterocycles. The van der Waals surface area contributed by atoms with E-state index in [9.17, 15) is 28.4 Å². The number of nitriles is 1. The summed E-state index contributed by atoms with van der Waals surface area (Å²) >= 11 is 0. The van der Waals surface area contributed by atoms with Crippen molar-refractivity contribution < 1.29 is 27.7 Å². The third-order valence-electron chi connectivity index (χ3n) is 9.43. The Kier molecular flexibility index (Phi) is 8.00. The van der Waals surface area contributed by atoms with Crippen molar-refractivity contribution in [3.05, 3.63) is 29.8 Å². The Balaban J connectivity index is 0.000000248. The van der Waals surface area contributed by atoms with Crippen LogP contribution in [-0.4, -0.2) is 71.1 Å². The Hall–Kier alpha value is -2.52. The zero-order valence-electron chi connectivity index (χ0n) is 23.0. The van der Waals surface area contributed by atoms with E-state index in [0.717, 1.165) is 44.1 Å². The van der Waals surface area contributed by atoms with Crippen LogP contribution in [0.1, 0.15) is 69.8 Å². The number of benzene rings is 1. The molecule has 2 heterocycles. The van der Waals surface area contributed by atoms with Crippen LogP contribution in [0.5, 0.6) is 0 Å². The van der Waals surface area contributed by atoms with Crippen LogP contribution in [0.3, 0.4) is 0 Å². The van der Waals surface area contributed by atoms with Crippen LogP contribution in [0.25, 0.3) is 0 Å². The Morgan fingerprint density at radius 1 is 1.15 bits per heavy atom. The summed E-state index contributed by atoms with van der Waals surface area (Å²) in [4.78, 5) is 27.3. The van der Waals surface area contributed by atoms with Gasteiger partial charge in [0.2, 0.25) is 11.8 Å². The summed E-state index contributed by atoms with van der Waals surface area (Å²) in [5.41, 5.74) is 0.168. The topological polar surface area (TPSA) is 160 Å². The Labute approximate surface area is 236 Å². The van der Waals surface area contributed by atoms with Crippen molar-refractivity contribution in [1.82, 2.24) is 15.5 Å². The van der Waals surface area contributed by atoms with Crippen LogP contribution in [0.4, 0.5) is 0 Å². The van der Waals surface area contributed by atoms with Gasteiger partial charge < -0.3 is 20.6 Å². The number of likely N-dealkylation sites (tertiary alicyclic amines) is 1. The highest BCUT2D eigenvalue weighted by atomic mass is 32.2. The largest absolute Gasteiger partial charge is 0.390 e. The summed E-state index contributed by atoms with van der Waals surface area (Å²) in [6.45, 7) is 3.17. The Morgan fingerprint density at radius 3 is 2.42 bits per heavy atom. The maximum atomic E-state index is 12.9. The Bertz CT molecular complexity index is 1260. The molecule has 7 rings (SSSR count). The van der Waals surface area contributed by atoms with Crippen LogP contribution >= 0.6 is 0 Å². The van der Waals surface area contributed by atoms with Gasteiger partial charge in [0.15, 0.2) is 0 Å². The van der Waals surface area contributed by atoms with E-state index in [1.807, 2.05) is 6.92 Å². The molecule has 4 aliphatic carbocycles. The van der Waals surface area contributed by atoms with Crippen LogP contribution in [-0.2, 0) is 19.7 Å². The quantitative estimate of drug-likeness (QED) is 0.391. The highest BCUT2D eigenvalue weighted by Gasteiger charge is 2.57. The fraction of sp³-hybridized carbons (Fsp3) is 0.690. The standard InChI is InChI=1S/C22H32N4O3.C7H8O3S/c23-11-17-2-1-3-26(17)20(28)18-5-14(12-24-18)6-19(27)25-21-7-15-4-16(8-21)10-22(29,9-15)13-21;1-6-2-4-7(5-3-6)11(8,9)10/h14-18,24,29H,1-10,12-13H2,(H,25,27);2-5H,1H3,(H,8,9,10)/t14-,15-,16+,17+,18+,21?,22?;/m1./s1. The SMILES string of the molecule is Cc1ccc(S(=O)(=O)O)cc1.N#C[C@@H]1CCCN1C(=O)[C@@H]1C[C@H](CC(=O)NC23C[C@@H]4C[C@@H](CC(O)(C4)C2)C3)CN1. The van der Waals surface area contributed by atoms with Gasteiger partial charge >= 0.3 is 0 Å². The van der Waals surface area contributed by atoms with E-state index in [-0.39, 0.29) is 40.3 Å². The summed E-state index contributed by atoms with van der Waals surface area (Å²) in [5, 5.41) is 26.7. The molecule has 2 saturated heterocycles. The van der Waals surface area contributed by atoms with E-state index < -0.39 is 15.7 Å². The first-order valence-electron chi connectivity index (χ1n) is 14.4. The smallest absolute Gasteiger partial charge is 0.294 e. The number of rotatable bonds is 5. The average molecular weight is 573 g/mol. The lowest BCUT2D eigenvalue weighted by molar-refractivity contribution is -0.151. The average Bonchev–Trinajstić information content (AvgIpc) is 3.51. The monoisotopic (exact) mass is 572 g/mol. The molecule has 2 amide bonds. The number of hydrogen-bond acceptors (Lipinski definition) is 7. The van der Waals surface area contributed by atoms with Crippen LogP contribution in [0.2, 0.25) is 0 Å². The van der Waals surface area contributed by atoms with E-state index in [2.05, 4.69) is 16.7 Å². The summed E-state index contributed by atoms with van der Waals surface area (Å²) in [7, 11) is -4.02. The van der Waals surface area contributed by atoms with Gasteiger partial charge in [-0.1, -0.05) is 17.7 Å². The highest BCUT2D eigenvalue weighted by Crippen LogP contribution is 2.57. The maximum absolute atomic E-state index is 12.9. The molecular weight excluding hydrogens is 532 g/mol. The molecule has 6 fully saturated rings. The number of nitrogens with zero attached hydrogens (tertiary/aromatic N) is 2. The van der Waals surface area contributed by atoms with Crippen molar-refractivity contribution in [1.29, 1.82) is 5.26 Å². The molecule has 10 nitrogen and oxygen atoms in total. The molecule has 6 aliphatic rings. The minimum absolute atomic E-state index is 0.0141. The summed E-state index contributed by atoms with van der Waals surface area (Å²) in [6, 6.07) is 7.64. The molecule has 0 aromatic heterocycles. The highest BCUT2D eigenvalue weighted by molar-refractivity contribution is 7.85. The third kappa shape index (κ3) is 6.35. The molecular formula is C29H40N4O6S. The zero-order valence-corrected chi connectivity index (χ0v) is 23.8. The van der Waals surface area contributed by atoms with Gasteiger partial charge in [0.05, 0.1) is 22.6 Å². The molecule has 7 atom stereocenters. The summed E-state index contributed by atoms with van der Waals surface area (Å²) in [6.07, 6.45) is 8.45. The lowest BCUT2D eigenvalue weighted by Crippen LogP contribution is -2.65. The molecule has 2 unspecified atom stereocenters. The summed E-state index contributed by atoms with van der Waals surface area (Å²) in [5.74, 6) is 1.31. The lowest BCUT2D eigenvalue weighted by atomic mass is 9.51. The van der Waals surface area contributed by atoms with Gasteiger partial charge in [0, 0.05) is 18.5 Å². The van der Waals surface area contributed by atoms with Crippen LogP contribution < -0.4 is 10.6 Å². The number of aryl methyl sites for hydroxylation is 1. The van der Waals surface area contributed by atoms with Crippen LogP contribution in [0, 0.1) is 36.0 Å². The molecule has 11 heteroatoms. The molecule has 218 valence electrons. The predicted octanol–water partition coefficient (Wildman–Crippen LogP) is 2.31. The number of aliphatic hydroxyl groups is 1. The van der Waals surface area contributed by atoms with Gasteiger partial charge in [-0.3, -0.25) is 14.1 Å². The molecule has 4 saturated carbocycles. The third-order valence-corrected chi connectivity index (χ3v) is 10.3. The number of carbonyl (C=O) groups excluding carboxylic acids is 2. The predicted molar refractivity (Wildman–Crippen MR) is 146 cm³/mol. The molecule has 4 bridgehead atoms. The van der Waals surface area contributed by atoms with Gasteiger partial charge in [-0.15, -0.1) is 0 Å². The minimum Gasteiger partial charge on any atom is -0.390 e. The second-order valence-corrected chi connectivity index (χ2v) is 14.3. The fourth-order valence-corrected chi connectivity index (χ4v) is 8.68. The van der Waals surface area contributed by atoms with E-state index in [1.165, 1.54) is 18.6 Å². The van der Waals surface area contributed by atoms with Crippen molar-refractivity contribution in [3.8, 4) is 6.07 Å². The van der Waals surface area contributed by atoms with Crippen LogP contribution in [0.15, 0.2) is 29.2 Å². The molecule has 0 spiro atoms. The summed E-state index contributed by atoms with van der Waals surface area (Å²) < 4.78 is 29.6. The van der Waals surface area contributed by atoms with Gasteiger partial charge in [-0.05, 0) is 101 Å². The number of hydrogen-bond donors (Lipinski definition) is 4. The van der Waals surface area contributed by atoms with Gasteiger partial charge in [-0.2, -0.15) is 13.7 Å². The van der Waals surface area contributed by atoms with Crippen molar-refractivity contribution in [2.75, 3.05) is 13.1 Å². The Morgan fingerprint density at radius 2 is 1.82 bits per heavy atom. The maximum Gasteiger partial charge on any atom is 0.294 e. The van der Waals surface area contributed by atoms with Gasteiger partial charge in [0.1, 0.15) is 6.04 Å². The zero-order chi connectivity index (χ0) is 28.7. The molecule has 4 N–H and O–H groups in total. The van der Waals surface area contributed by atoms with Crippen molar-refractivity contribution in [2.24, 2.45) is 17.8 Å². The second kappa shape index (κ2) is 11.0. The molecule has 1 aromatic rings. The van der Waals surface area contributed by atoms with E-state index in [0.29, 0.717) is 44.2 Å². The fourth-order valence-electron chi connectivity index (χ4n) is 8.20. The lowest BCUT2D eigenvalue weighted by Gasteiger charge is -2.60. The molecule has 0 radical (unpaired) electrons. The van der Waals surface area contributed by atoms with Gasteiger partial charge in [-0.25, -0.2) is 0 Å². The van der Waals surface area contributed by atoms with E-state index in [1.54, 1.807) is 17.0 Å². The molecule has 1 aromatic carbocycles. The first-order chi connectivity index (χ1) is 18.9. The van der Waals surface area contributed by atoms with E-state index in [4.69, 9.17) is 4.55 Å². The van der Waals surface area contributed by atoms with E-state index >= 15 is 0 Å². The van der Waals surface area contributed by atoms with Crippen molar-refractivity contribution in [3.63, 3.8) is 0 Å². The normalized spacial score (nSPS) is 36.0. The molecule has 40 heavy (non-hydrogen) atoms. The number of nitrogens with one attached hydrogen (secondary N) is 2. The second-order valence-electron chi connectivity index (χ2n) is 12.9. The van der Waals surface area contributed by atoms with Gasteiger partial charge in [0.25, 0.3) is 10.1 Å².